The molecule has 2 aromatic rings. The third kappa shape index (κ3) is 6.97. The van der Waals surface area contributed by atoms with Crippen molar-refractivity contribution in [1.29, 1.82) is 0 Å². The highest BCUT2D eigenvalue weighted by Crippen LogP contribution is 2.20. The minimum Gasteiger partial charge on any atom is -0.345 e. The second-order valence-corrected chi connectivity index (χ2v) is 7.49. The van der Waals surface area contributed by atoms with Gasteiger partial charge in [-0.15, -0.1) is 10.2 Å². The molecule has 0 saturated carbocycles. The van der Waals surface area contributed by atoms with E-state index in [4.69, 9.17) is 5.73 Å². The molecule has 7 heteroatoms. The topological polar surface area (TPSA) is 101 Å². The van der Waals surface area contributed by atoms with Gasteiger partial charge in [-0.2, -0.15) is 0 Å². The number of nitrogens with zero attached hydrogens (tertiary/aromatic N) is 3. The Kier molecular flexibility index (Phi) is 9.31. The zero-order chi connectivity index (χ0) is 19.5. The molecule has 1 amide bonds. The van der Waals surface area contributed by atoms with Gasteiger partial charge in [0, 0.05) is 11.8 Å². The first-order valence-electron chi connectivity index (χ1n) is 10.6. The summed E-state index contributed by atoms with van der Waals surface area (Å²) in [6.07, 6.45) is 13.8. The first-order valence-corrected chi connectivity index (χ1v) is 10.6. The molecular formula is C20H36N6O. The first kappa shape index (κ1) is 21.4. The maximum absolute atomic E-state index is 11.8. The predicted octanol–water partition coefficient (Wildman–Crippen LogP) is 3.79. The molecule has 27 heavy (non-hydrogen) atoms. The summed E-state index contributed by atoms with van der Waals surface area (Å²) < 4.78 is 1.85. The fourth-order valence-electron chi connectivity index (χ4n) is 3.50. The van der Waals surface area contributed by atoms with Crippen LogP contribution < -0.4 is 11.1 Å². The van der Waals surface area contributed by atoms with Crippen molar-refractivity contribution in [3.8, 4) is 0 Å². The van der Waals surface area contributed by atoms with Crippen LogP contribution in [-0.2, 0) is 4.79 Å². The largest absolute Gasteiger partial charge is 0.345 e. The highest BCUT2D eigenvalue weighted by Gasteiger charge is 2.20. The number of aryl methyl sites for hydroxylation is 1. The lowest BCUT2D eigenvalue weighted by Gasteiger charge is -2.16. The minimum absolute atomic E-state index is 0.0137. The molecule has 0 bridgehead atoms. The van der Waals surface area contributed by atoms with Crippen molar-refractivity contribution in [3.63, 3.8) is 0 Å². The van der Waals surface area contributed by atoms with E-state index >= 15 is 0 Å². The van der Waals surface area contributed by atoms with E-state index in [0.29, 0.717) is 0 Å². The number of nitrogens with two attached hydrogens (primary N) is 1. The summed E-state index contributed by atoms with van der Waals surface area (Å²) in [7, 11) is 0. The van der Waals surface area contributed by atoms with Gasteiger partial charge < -0.3 is 11.1 Å². The van der Waals surface area contributed by atoms with Crippen LogP contribution in [0, 0.1) is 6.92 Å². The Labute approximate surface area is 162 Å². The number of hydrogen-bond acceptors (Lipinski definition) is 4. The van der Waals surface area contributed by atoms with Gasteiger partial charge >= 0.3 is 0 Å². The maximum atomic E-state index is 11.8. The normalized spacial score (nSPS) is 12.6. The standard InChI is InChI=1S/C20H36N6O/c1-3-4-5-6-7-8-9-10-11-12-13-17(22-19(27)15-21)20-24-23-18-14-16(2)25-26(18)20/h14,17,25H,3-13,15,21H2,1-2H3,(H,22,27). The molecule has 0 radical (unpaired) electrons. The third-order valence-electron chi connectivity index (χ3n) is 5.03. The van der Waals surface area contributed by atoms with E-state index < -0.39 is 0 Å². The first-order chi connectivity index (χ1) is 13.2. The second kappa shape index (κ2) is 11.7. The van der Waals surface area contributed by atoms with Crippen LogP contribution in [0.15, 0.2) is 6.07 Å². The van der Waals surface area contributed by atoms with Crippen LogP contribution in [0.25, 0.3) is 5.65 Å². The Hall–Kier alpha value is -1.89. The SMILES string of the molecule is CCCCCCCCCCCCC(NC(=O)CN)c1nnc2cc(C)[nH]n12. The van der Waals surface area contributed by atoms with Crippen LogP contribution in [0.4, 0.5) is 0 Å². The Balaban J connectivity index is 1.76. The van der Waals surface area contributed by atoms with Crippen molar-refractivity contribution >= 4 is 11.6 Å². The van der Waals surface area contributed by atoms with Crippen molar-refractivity contribution in [3.05, 3.63) is 17.6 Å². The molecule has 0 fully saturated rings. The molecular weight excluding hydrogens is 340 g/mol. The monoisotopic (exact) mass is 376 g/mol. The summed E-state index contributed by atoms with van der Waals surface area (Å²) in [5, 5.41) is 14.7. The Bertz CT molecular complexity index is 677. The number of hydrogen-bond donors (Lipinski definition) is 3. The van der Waals surface area contributed by atoms with Crippen molar-refractivity contribution in [2.45, 2.75) is 90.5 Å². The number of carbonyl (C=O) groups excluding carboxylic acids is 1. The van der Waals surface area contributed by atoms with Crippen LogP contribution in [0.1, 0.15) is 95.1 Å². The number of H-pyrrole nitrogens is 1. The smallest absolute Gasteiger partial charge is 0.234 e. The maximum Gasteiger partial charge on any atom is 0.234 e. The van der Waals surface area contributed by atoms with Crippen LogP contribution in [-0.4, -0.2) is 32.3 Å². The second-order valence-electron chi connectivity index (χ2n) is 7.49. The molecule has 1 unspecified atom stereocenters. The van der Waals surface area contributed by atoms with Gasteiger partial charge in [0.15, 0.2) is 11.5 Å². The number of rotatable bonds is 14. The van der Waals surface area contributed by atoms with E-state index in [-0.39, 0.29) is 18.5 Å². The molecule has 2 aromatic heterocycles. The van der Waals surface area contributed by atoms with Gasteiger partial charge in [-0.3, -0.25) is 9.89 Å². The number of fused-ring (bicyclic) bond motifs is 1. The lowest BCUT2D eigenvalue weighted by atomic mass is 10.0. The van der Waals surface area contributed by atoms with Crippen molar-refractivity contribution in [2.75, 3.05) is 6.54 Å². The summed E-state index contributed by atoms with van der Waals surface area (Å²) >= 11 is 0. The molecule has 0 saturated heterocycles. The van der Waals surface area contributed by atoms with E-state index in [1.807, 2.05) is 17.5 Å². The van der Waals surface area contributed by atoms with Gasteiger partial charge in [-0.05, 0) is 13.3 Å². The molecule has 1 atom stereocenters. The molecule has 2 rings (SSSR count). The lowest BCUT2D eigenvalue weighted by Crippen LogP contribution is -2.34. The Morgan fingerprint density at radius 2 is 1.74 bits per heavy atom. The van der Waals surface area contributed by atoms with Crippen molar-refractivity contribution < 1.29 is 4.79 Å². The van der Waals surface area contributed by atoms with E-state index in [9.17, 15) is 4.79 Å². The van der Waals surface area contributed by atoms with Gasteiger partial charge in [-0.1, -0.05) is 71.1 Å². The van der Waals surface area contributed by atoms with Gasteiger partial charge in [0.2, 0.25) is 5.91 Å². The van der Waals surface area contributed by atoms with Crippen LogP contribution in [0.5, 0.6) is 0 Å². The van der Waals surface area contributed by atoms with Gasteiger partial charge in [0.25, 0.3) is 0 Å². The molecule has 7 nitrogen and oxygen atoms in total. The number of amides is 1. The molecule has 152 valence electrons. The van der Waals surface area contributed by atoms with E-state index in [2.05, 4.69) is 27.5 Å². The minimum atomic E-state index is -0.164. The van der Waals surface area contributed by atoms with Gasteiger partial charge in [0.05, 0.1) is 12.6 Å². The average Bonchev–Trinajstić information content (AvgIpc) is 3.21. The van der Waals surface area contributed by atoms with E-state index in [1.54, 1.807) is 0 Å². The lowest BCUT2D eigenvalue weighted by molar-refractivity contribution is -0.120. The third-order valence-corrected chi connectivity index (χ3v) is 5.03. The van der Waals surface area contributed by atoms with Crippen LogP contribution in [0.2, 0.25) is 0 Å². The number of aromatic amines is 1. The van der Waals surface area contributed by atoms with Gasteiger partial charge in [-0.25, -0.2) is 4.52 Å². The summed E-state index contributed by atoms with van der Waals surface area (Å²) in [6, 6.07) is 1.78. The highest BCUT2D eigenvalue weighted by atomic mass is 16.1. The molecule has 0 aliphatic rings. The summed E-state index contributed by atoms with van der Waals surface area (Å²) in [6.45, 7) is 4.22. The molecule has 2 heterocycles. The van der Waals surface area contributed by atoms with Crippen LogP contribution >= 0.6 is 0 Å². The Morgan fingerprint density at radius 3 is 2.37 bits per heavy atom. The summed E-state index contributed by atoms with van der Waals surface area (Å²) in [5.41, 5.74) is 7.27. The fraction of sp³-hybridized carbons (Fsp3) is 0.750. The number of aromatic nitrogens is 4. The predicted molar refractivity (Wildman–Crippen MR) is 108 cm³/mol. The van der Waals surface area contributed by atoms with E-state index in [0.717, 1.165) is 30.0 Å². The average molecular weight is 377 g/mol. The number of nitrogens with one attached hydrogen (secondary N) is 2. The highest BCUT2D eigenvalue weighted by molar-refractivity contribution is 5.78. The Morgan fingerprint density at radius 1 is 1.11 bits per heavy atom. The summed E-state index contributed by atoms with van der Waals surface area (Å²) in [5.74, 6) is 0.586. The molecule has 4 N–H and O–H groups in total. The summed E-state index contributed by atoms with van der Waals surface area (Å²) in [4.78, 5) is 11.8. The molecule has 0 spiro atoms. The molecule has 0 aliphatic heterocycles. The van der Waals surface area contributed by atoms with Crippen LogP contribution in [0.3, 0.4) is 0 Å². The quantitative estimate of drug-likeness (QED) is 0.437. The zero-order valence-corrected chi connectivity index (χ0v) is 17.0. The van der Waals surface area contributed by atoms with Gasteiger partial charge in [0.1, 0.15) is 0 Å². The number of carbonyl (C=O) groups is 1. The van der Waals surface area contributed by atoms with Crippen molar-refractivity contribution in [2.24, 2.45) is 5.73 Å². The molecule has 0 aromatic carbocycles. The number of unbranched alkanes of at least 4 members (excludes halogenated alkanes) is 9. The zero-order valence-electron chi connectivity index (χ0n) is 17.0. The fourth-order valence-corrected chi connectivity index (χ4v) is 3.50. The molecule has 0 aliphatic carbocycles. The van der Waals surface area contributed by atoms with Crippen molar-refractivity contribution in [1.82, 2.24) is 25.1 Å². The van der Waals surface area contributed by atoms with E-state index in [1.165, 1.54) is 57.8 Å².